The second-order valence-corrected chi connectivity index (χ2v) is 5.59. The number of nitrogens with one attached hydrogen (secondary N) is 1. The molecule has 0 bridgehead atoms. The number of hydrogen-bond donors (Lipinski definition) is 2. The number of aromatic nitrogens is 2. The summed E-state index contributed by atoms with van der Waals surface area (Å²) in [5.41, 5.74) is 5.93. The molecule has 5 heteroatoms. The van der Waals surface area contributed by atoms with Crippen LogP contribution < -0.4 is 16.2 Å². The highest BCUT2D eigenvalue weighted by Gasteiger charge is 2.29. The summed E-state index contributed by atoms with van der Waals surface area (Å²) >= 11 is 0. The maximum atomic E-state index is 11.7. The Kier molecular flexibility index (Phi) is 2.86. The molecule has 5 nitrogen and oxygen atoms in total. The smallest absolute Gasteiger partial charge is 0.252 e. The van der Waals surface area contributed by atoms with Gasteiger partial charge in [0.1, 0.15) is 11.6 Å². The van der Waals surface area contributed by atoms with Crippen LogP contribution in [0.25, 0.3) is 0 Å². The van der Waals surface area contributed by atoms with Crippen LogP contribution in [0.3, 0.4) is 0 Å². The zero-order valence-electron chi connectivity index (χ0n) is 10.7. The van der Waals surface area contributed by atoms with E-state index >= 15 is 0 Å². The molecule has 3 rings (SSSR count). The van der Waals surface area contributed by atoms with E-state index in [0.717, 1.165) is 43.9 Å². The summed E-state index contributed by atoms with van der Waals surface area (Å²) < 4.78 is 0. The van der Waals surface area contributed by atoms with Gasteiger partial charge in [-0.3, -0.25) is 4.79 Å². The van der Waals surface area contributed by atoms with Crippen LogP contribution in [0.15, 0.2) is 10.9 Å². The highest BCUT2D eigenvalue weighted by atomic mass is 16.1. The van der Waals surface area contributed by atoms with Gasteiger partial charge in [-0.2, -0.15) is 0 Å². The number of nitrogens with zero attached hydrogens (tertiary/aromatic N) is 2. The highest BCUT2D eigenvalue weighted by Crippen LogP contribution is 2.38. The monoisotopic (exact) mass is 248 g/mol. The number of nitrogens with two attached hydrogens (primary N) is 1. The fourth-order valence-corrected chi connectivity index (χ4v) is 2.71. The summed E-state index contributed by atoms with van der Waals surface area (Å²) in [5.74, 6) is 2.15. The average Bonchev–Trinajstić information content (AvgIpc) is 3.11. The summed E-state index contributed by atoms with van der Waals surface area (Å²) in [7, 11) is 0. The van der Waals surface area contributed by atoms with Crippen molar-refractivity contribution in [2.45, 2.75) is 50.6 Å². The van der Waals surface area contributed by atoms with Crippen LogP contribution in [0.1, 0.15) is 44.3 Å². The fourth-order valence-electron chi connectivity index (χ4n) is 2.71. The van der Waals surface area contributed by atoms with E-state index in [-0.39, 0.29) is 11.6 Å². The van der Waals surface area contributed by atoms with Gasteiger partial charge < -0.3 is 15.6 Å². The van der Waals surface area contributed by atoms with E-state index in [1.165, 1.54) is 0 Å². The quantitative estimate of drug-likeness (QED) is 0.817. The third kappa shape index (κ3) is 2.27. The van der Waals surface area contributed by atoms with Crippen molar-refractivity contribution in [3.63, 3.8) is 0 Å². The lowest BCUT2D eigenvalue weighted by Crippen LogP contribution is -2.46. The molecule has 2 fully saturated rings. The molecule has 2 atom stereocenters. The molecule has 1 saturated carbocycles. The second-order valence-electron chi connectivity index (χ2n) is 5.59. The normalized spacial score (nSPS) is 28.4. The van der Waals surface area contributed by atoms with Crippen molar-refractivity contribution in [3.8, 4) is 0 Å². The van der Waals surface area contributed by atoms with Gasteiger partial charge in [-0.15, -0.1) is 0 Å². The first-order valence-electron chi connectivity index (χ1n) is 6.77. The maximum absolute atomic E-state index is 11.7. The van der Waals surface area contributed by atoms with E-state index in [9.17, 15) is 4.79 Å². The minimum Gasteiger partial charge on any atom is -0.354 e. The Morgan fingerprint density at radius 2 is 2.22 bits per heavy atom. The van der Waals surface area contributed by atoms with Gasteiger partial charge in [0.15, 0.2) is 0 Å². The molecule has 2 heterocycles. The topological polar surface area (TPSA) is 75.0 Å². The van der Waals surface area contributed by atoms with E-state index < -0.39 is 0 Å². The number of aromatic amines is 1. The van der Waals surface area contributed by atoms with Crippen LogP contribution in [0.2, 0.25) is 0 Å². The first kappa shape index (κ1) is 11.7. The third-order valence-electron chi connectivity index (χ3n) is 3.92. The molecule has 3 N–H and O–H groups in total. The second kappa shape index (κ2) is 4.39. The molecule has 0 radical (unpaired) electrons. The average molecular weight is 248 g/mol. The van der Waals surface area contributed by atoms with Crippen LogP contribution in [0, 0.1) is 0 Å². The lowest BCUT2D eigenvalue weighted by atomic mass is 9.99. The molecular formula is C13H20N4O. The van der Waals surface area contributed by atoms with Gasteiger partial charge >= 0.3 is 0 Å². The molecule has 0 amide bonds. The molecule has 1 aliphatic carbocycles. The van der Waals surface area contributed by atoms with Crippen molar-refractivity contribution in [1.29, 1.82) is 0 Å². The van der Waals surface area contributed by atoms with Gasteiger partial charge in [0.05, 0.1) is 0 Å². The van der Waals surface area contributed by atoms with E-state index in [2.05, 4.69) is 21.8 Å². The highest BCUT2D eigenvalue weighted by molar-refractivity contribution is 5.40. The molecule has 1 aromatic heterocycles. The summed E-state index contributed by atoms with van der Waals surface area (Å²) in [6.45, 7) is 3.04. The van der Waals surface area contributed by atoms with Crippen molar-refractivity contribution >= 4 is 5.82 Å². The molecule has 2 unspecified atom stereocenters. The van der Waals surface area contributed by atoms with Gasteiger partial charge in [0.25, 0.3) is 5.56 Å². The van der Waals surface area contributed by atoms with Crippen molar-refractivity contribution in [2.75, 3.05) is 11.4 Å². The Labute approximate surface area is 106 Å². The number of anilines is 1. The standard InChI is InChI=1S/C13H20N4O/c1-8-6-10(14)4-5-17(8)11-7-12(18)16-13(15-11)9-2-3-9/h7-10H,2-6,14H2,1H3,(H,15,16,18). The Morgan fingerprint density at radius 3 is 2.89 bits per heavy atom. The van der Waals surface area contributed by atoms with Gasteiger partial charge in [-0.25, -0.2) is 4.98 Å². The summed E-state index contributed by atoms with van der Waals surface area (Å²) in [4.78, 5) is 21.4. The van der Waals surface area contributed by atoms with E-state index in [1.54, 1.807) is 6.07 Å². The summed E-state index contributed by atoms with van der Waals surface area (Å²) in [5, 5.41) is 0. The molecule has 1 aliphatic heterocycles. The number of hydrogen-bond acceptors (Lipinski definition) is 4. The van der Waals surface area contributed by atoms with Crippen LogP contribution in [0.5, 0.6) is 0 Å². The Bertz CT molecular complexity index is 494. The molecular weight excluding hydrogens is 228 g/mol. The summed E-state index contributed by atoms with van der Waals surface area (Å²) in [6.07, 6.45) is 4.23. The molecule has 1 saturated heterocycles. The molecule has 2 aliphatic rings. The third-order valence-corrected chi connectivity index (χ3v) is 3.92. The predicted molar refractivity (Wildman–Crippen MR) is 70.9 cm³/mol. The Hall–Kier alpha value is -1.36. The lowest BCUT2D eigenvalue weighted by Gasteiger charge is -2.37. The van der Waals surface area contributed by atoms with Crippen LogP contribution >= 0.6 is 0 Å². The van der Waals surface area contributed by atoms with Gasteiger partial charge in [-0.1, -0.05) is 0 Å². The van der Waals surface area contributed by atoms with Gasteiger partial charge in [0.2, 0.25) is 0 Å². The summed E-state index contributed by atoms with van der Waals surface area (Å²) in [6, 6.07) is 2.25. The van der Waals surface area contributed by atoms with Crippen molar-refractivity contribution in [2.24, 2.45) is 5.73 Å². The molecule has 0 aromatic carbocycles. The van der Waals surface area contributed by atoms with Crippen molar-refractivity contribution in [3.05, 3.63) is 22.2 Å². The number of rotatable bonds is 2. The van der Waals surface area contributed by atoms with E-state index in [0.29, 0.717) is 12.0 Å². The zero-order chi connectivity index (χ0) is 12.7. The van der Waals surface area contributed by atoms with E-state index in [1.807, 2.05) is 0 Å². The van der Waals surface area contributed by atoms with Gasteiger partial charge in [-0.05, 0) is 32.6 Å². The maximum Gasteiger partial charge on any atom is 0.252 e. The van der Waals surface area contributed by atoms with Crippen LogP contribution in [0.4, 0.5) is 5.82 Å². The SMILES string of the molecule is CC1CC(N)CCN1c1cc(=O)[nH]c(C2CC2)n1. The number of H-pyrrole nitrogens is 1. The first-order valence-corrected chi connectivity index (χ1v) is 6.77. The molecule has 18 heavy (non-hydrogen) atoms. The Balaban J connectivity index is 1.88. The molecule has 0 spiro atoms. The molecule has 98 valence electrons. The predicted octanol–water partition coefficient (Wildman–Crippen LogP) is 0.963. The first-order chi connectivity index (χ1) is 8.63. The zero-order valence-corrected chi connectivity index (χ0v) is 10.7. The molecule has 1 aromatic rings. The van der Waals surface area contributed by atoms with Crippen LogP contribution in [-0.2, 0) is 0 Å². The minimum atomic E-state index is -0.0380. The lowest BCUT2D eigenvalue weighted by molar-refractivity contribution is 0.426. The number of piperidine rings is 1. The fraction of sp³-hybridized carbons (Fsp3) is 0.692. The largest absolute Gasteiger partial charge is 0.354 e. The van der Waals surface area contributed by atoms with Crippen molar-refractivity contribution in [1.82, 2.24) is 9.97 Å². The van der Waals surface area contributed by atoms with Crippen molar-refractivity contribution < 1.29 is 0 Å². The minimum absolute atomic E-state index is 0.0380. The Morgan fingerprint density at radius 1 is 1.44 bits per heavy atom. The van der Waals surface area contributed by atoms with E-state index in [4.69, 9.17) is 5.73 Å². The van der Waals surface area contributed by atoms with Crippen LogP contribution in [-0.4, -0.2) is 28.6 Å². The van der Waals surface area contributed by atoms with Gasteiger partial charge in [0, 0.05) is 30.6 Å².